The fourth-order valence-electron chi connectivity index (χ4n) is 2.88. The Balaban J connectivity index is 1.55. The quantitative estimate of drug-likeness (QED) is 0.594. The second-order valence-corrected chi connectivity index (χ2v) is 6.33. The van der Waals surface area contributed by atoms with Gasteiger partial charge in [0.2, 0.25) is 0 Å². The van der Waals surface area contributed by atoms with E-state index in [0.29, 0.717) is 36.3 Å². The number of aliphatic imine (C=N–C) groups is 1. The molecule has 2 aromatic heterocycles. The van der Waals surface area contributed by atoms with Gasteiger partial charge in [-0.05, 0) is 25.5 Å². The number of guanidine groups is 1. The highest BCUT2D eigenvalue weighted by Crippen LogP contribution is 2.14. The summed E-state index contributed by atoms with van der Waals surface area (Å²) in [6.07, 6.45) is 3.44. The molecule has 0 bridgehead atoms. The molecule has 0 radical (unpaired) electrons. The van der Waals surface area contributed by atoms with Gasteiger partial charge in [0.15, 0.2) is 11.8 Å². The van der Waals surface area contributed by atoms with Crippen LogP contribution in [0.3, 0.4) is 0 Å². The SMILES string of the molecule is CCNC(=NCCc1noc(-c2ccccn2)n1)N(C)CC1CCOC1. The third kappa shape index (κ3) is 5.01. The predicted octanol–water partition coefficient (Wildman–Crippen LogP) is 1.61. The summed E-state index contributed by atoms with van der Waals surface area (Å²) < 4.78 is 10.7. The fraction of sp³-hybridized carbons (Fsp3) is 0.556. The summed E-state index contributed by atoms with van der Waals surface area (Å²) in [5.74, 6) is 2.54. The molecule has 8 heteroatoms. The summed E-state index contributed by atoms with van der Waals surface area (Å²) in [5, 5.41) is 7.35. The van der Waals surface area contributed by atoms with E-state index in [2.05, 4.69) is 44.3 Å². The van der Waals surface area contributed by atoms with E-state index in [1.54, 1.807) is 6.20 Å². The Morgan fingerprint density at radius 2 is 2.35 bits per heavy atom. The number of hydrogen-bond donors (Lipinski definition) is 1. The third-order valence-electron chi connectivity index (χ3n) is 4.20. The highest BCUT2D eigenvalue weighted by atomic mass is 16.5. The zero-order valence-electron chi connectivity index (χ0n) is 15.4. The van der Waals surface area contributed by atoms with Crippen molar-refractivity contribution in [1.82, 2.24) is 25.3 Å². The van der Waals surface area contributed by atoms with E-state index >= 15 is 0 Å². The van der Waals surface area contributed by atoms with Gasteiger partial charge in [0.05, 0.1) is 6.61 Å². The zero-order chi connectivity index (χ0) is 18.2. The van der Waals surface area contributed by atoms with Crippen molar-refractivity contribution in [2.24, 2.45) is 10.9 Å². The van der Waals surface area contributed by atoms with Gasteiger partial charge in [0, 0.05) is 51.8 Å². The predicted molar refractivity (Wildman–Crippen MR) is 98.8 cm³/mol. The number of rotatable bonds is 7. The number of hydrogen-bond acceptors (Lipinski definition) is 6. The maximum Gasteiger partial charge on any atom is 0.276 e. The van der Waals surface area contributed by atoms with Gasteiger partial charge in [0.1, 0.15) is 5.69 Å². The smallest absolute Gasteiger partial charge is 0.276 e. The molecule has 26 heavy (non-hydrogen) atoms. The van der Waals surface area contributed by atoms with E-state index in [9.17, 15) is 0 Å². The number of ether oxygens (including phenoxy) is 1. The Kier molecular flexibility index (Phi) is 6.54. The highest BCUT2D eigenvalue weighted by Gasteiger charge is 2.19. The summed E-state index contributed by atoms with van der Waals surface area (Å²) in [7, 11) is 2.06. The van der Waals surface area contributed by atoms with Crippen LogP contribution in [-0.2, 0) is 11.2 Å². The molecular formula is C18H26N6O2. The highest BCUT2D eigenvalue weighted by molar-refractivity contribution is 5.79. The molecule has 0 saturated carbocycles. The van der Waals surface area contributed by atoms with E-state index in [0.717, 1.165) is 38.7 Å². The lowest BCUT2D eigenvalue weighted by Gasteiger charge is -2.24. The standard InChI is InChI=1S/C18H26N6O2/c1-3-19-18(24(2)12-14-8-11-25-13-14)21-10-7-16-22-17(26-23-16)15-6-4-5-9-20-15/h4-6,9,14H,3,7-8,10-13H2,1-2H3,(H,19,21). The lowest BCUT2D eigenvalue weighted by molar-refractivity contribution is 0.181. The van der Waals surface area contributed by atoms with Crippen LogP contribution >= 0.6 is 0 Å². The first kappa shape index (κ1) is 18.3. The van der Waals surface area contributed by atoms with Gasteiger partial charge >= 0.3 is 0 Å². The average Bonchev–Trinajstić information content (AvgIpc) is 3.34. The molecule has 2 aromatic rings. The number of aromatic nitrogens is 3. The van der Waals surface area contributed by atoms with Crippen molar-refractivity contribution in [2.75, 3.05) is 39.9 Å². The topological polar surface area (TPSA) is 88.7 Å². The van der Waals surface area contributed by atoms with Gasteiger partial charge in [-0.2, -0.15) is 4.98 Å². The minimum Gasteiger partial charge on any atom is -0.381 e. The summed E-state index contributed by atoms with van der Waals surface area (Å²) in [4.78, 5) is 15.5. The summed E-state index contributed by atoms with van der Waals surface area (Å²) in [6.45, 7) is 6.13. The van der Waals surface area contributed by atoms with Crippen molar-refractivity contribution in [3.05, 3.63) is 30.2 Å². The van der Waals surface area contributed by atoms with Crippen LogP contribution in [0.5, 0.6) is 0 Å². The van der Waals surface area contributed by atoms with Crippen LogP contribution in [0.25, 0.3) is 11.6 Å². The Labute approximate surface area is 153 Å². The molecule has 0 spiro atoms. The maximum atomic E-state index is 5.46. The normalized spacial score (nSPS) is 17.5. The molecular weight excluding hydrogens is 332 g/mol. The Hall–Kier alpha value is -2.48. The van der Waals surface area contributed by atoms with Gasteiger partial charge in [-0.15, -0.1) is 0 Å². The van der Waals surface area contributed by atoms with Crippen molar-refractivity contribution in [2.45, 2.75) is 19.8 Å². The first-order chi connectivity index (χ1) is 12.8. The van der Waals surface area contributed by atoms with Crippen LogP contribution < -0.4 is 5.32 Å². The molecule has 3 heterocycles. The van der Waals surface area contributed by atoms with E-state index in [-0.39, 0.29) is 0 Å². The van der Waals surface area contributed by atoms with Crippen LogP contribution in [0.4, 0.5) is 0 Å². The van der Waals surface area contributed by atoms with Crippen LogP contribution in [0.15, 0.2) is 33.9 Å². The molecule has 0 amide bonds. The lowest BCUT2D eigenvalue weighted by Crippen LogP contribution is -2.41. The molecule has 1 atom stereocenters. The molecule has 1 aliphatic heterocycles. The maximum absolute atomic E-state index is 5.46. The van der Waals surface area contributed by atoms with E-state index in [4.69, 9.17) is 9.26 Å². The Morgan fingerprint density at radius 1 is 1.42 bits per heavy atom. The molecule has 3 rings (SSSR count). The number of pyridine rings is 1. The van der Waals surface area contributed by atoms with Crippen molar-refractivity contribution in [1.29, 1.82) is 0 Å². The van der Waals surface area contributed by atoms with Gasteiger partial charge < -0.3 is 19.5 Å². The van der Waals surface area contributed by atoms with E-state index in [1.807, 2.05) is 18.2 Å². The summed E-state index contributed by atoms with van der Waals surface area (Å²) in [6, 6.07) is 5.59. The summed E-state index contributed by atoms with van der Waals surface area (Å²) >= 11 is 0. The molecule has 8 nitrogen and oxygen atoms in total. The van der Waals surface area contributed by atoms with Crippen LogP contribution in [-0.4, -0.2) is 65.9 Å². The van der Waals surface area contributed by atoms with E-state index < -0.39 is 0 Å². The van der Waals surface area contributed by atoms with Gasteiger partial charge in [0.25, 0.3) is 5.89 Å². The monoisotopic (exact) mass is 358 g/mol. The van der Waals surface area contributed by atoms with Gasteiger partial charge in [-0.25, -0.2) is 0 Å². The first-order valence-electron chi connectivity index (χ1n) is 9.07. The summed E-state index contributed by atoms with van der Waals surface area (Å²) in [5.41, 5.74) is 0.682. The first-order valence-corrected chi connectivity index (χ1v) is 9.07. The second-order valence-electron chi connectivity index (χ2n) is 6.33. The Bertz CT molecular complexity index is 697. The fourth-order valence-corrected chi connectivity index (χ4v) is 2.88. The molecule has 1 aliphatic rings. The minimum atomic E-state index is 0.440. The molecule has 140 valence electrons. The largest absolute Gasteiger partial charge is 0.381 e. The van der Waals surface area contributed by atoms with Crippen LogP contribution in [0, 0.1) is 5.92 Å². The molecule has 0 aliphatic carbocycles. The van der Waals surface area contributed by atoms with Crippen LogP contribution in [0.1, 0.15) is 19.2 Å². The van der Waals surface area contributed by atoms with Crippen LogP contribution in [0.2, 0.25) is 0 Å². The van der Waals surface area contributed by atoms with Gasteiger partial charge in [-0.3, -0.25) is 9.98 Å². The average molecular weight is 358 g/mol. The Morgan fingerprint density at radius 3 is 3.08 bits per heavy atom. The minimum absolute atomic E-state index is 0.440. The molecule has 0 aromatic carbocycles. The van der Waals surface area contributed by atoms with E-state index in [1.165, 1.54) is 0 Å². The number of nitrogens with zero attached hydrogens (tertiary/aromatic N) is 5. The second kappa shape index (κ2) is 9.28. The van der Waals surface area contributed by atoms with Crippen molar-refractivity contribution < 1.29 is 9.26 Å². The van der Waals surface area contributed by atoms with Crippen molar-refractivity contribution in [3.8, 4) is 11.6 Å². The third-order valence-corrected chi connectivity index (χ3v) is 4.20. The zero-order valence-corrected chi connectivity index (χ0v) is 15.4. The van der Waals surface area contributed by atoms with Gasteiger partial charge in [-0.1, -0.05) is 11.2 Å². The molecule has 1 fully saturated rings. The lowest BCUT2D eigenvalue weighted by atomic mass is 10.1. The number of nitrogens with one attached hydrogen (secondary N) is 1. The van der Waals surface area contributed by atoms with Crippen molar-refractivity contribution in [3.63, 3.8) is 0 Å². The molecule has 1 unspecified atom stereocenters. The molecule has 1 N–H and O–H groups in total. The van der Waals surface area contributed by atoms with Crippen molar-refractivity contribution >= 4 is 5.96 Å². The molecule has 1 saturated heterocycles.